The summed E-state index contributed by atoms with van der Waals surface area (Å²) in [5.74, 6) is 0.947. The van der Waals surface area contributed by atoms with E-state index in [1.807, 2.05) is 7.05 Å². The molecule has 1 aromatic carbocycles. The summed E-state index contributed by atoms with van der Waals surface area (Å²) in [5, 5.41) is 15.6. The largest absolute Gasteiger partial charge is 0.363 e. The standard InChI is InChI=1S/C12H11N3S3/c1-13-11-14-15-12(18-11)17-7-8-6-16-10-5-3-2-4-9(8)10/h2-6H,7H2,1H3,(H,13,14). The Kier molecular flexibility index (Phi) is 3.49. The van der Waals surface area contributed by atoms with Crippen molar-refractivity contribution in [3.63, 3.8) is 0 Å². The van der Waals surface area contributed by atoms with E-state index in [2.05, 4.69) is 45.2 Å². The summed E-state index contributed by atoms with van der Waals surface area (Å²) in [6.07, 6.45) is 0. The fraction of sp³-hybridized carbons (Fsp3) is 0.167. The Balaban J connectivity index is 1.76. The summed E-state index contributed by atoms with van der Waals surface area (Å²) in [6, 6.07) is 8.52. The third kappa shape index (κ3) is 2.36. The van der Waals surface area contributed by atoms with Crippen LogP contribution in [0.2, 0.25) is 0 Å². The molecule has 0 saturated heterocycles. The normalized spacial score (nSPS) is 10.9. The van der Waals surface area contributed by atoms with Crippen LogP contribution in [0.3, 0.4) is 0 Å². The predicted octanol–water partition coefficient (Wildman–Crippen LogP) is 4.09. The number of thioether (sulfide) groups is 1. The first-order valence-corrected chi connectivity index (χ1v) is 8.14. The van der Waals surface area contributed by atoms with Gasteiger partial charge in [0, 0.05) is 17.5 Å². The van der Waals surface area contributed by atoms with Crippen molar-refractivity contribution in [2.24, 2.45) is 0 Å². The lowest BCUT2D eigenvalue weighted by Gasteiger charge is -1.96. The lowest BCUT2D eigenvalue weighted by Crippen LogP contribution is -1.84. The molecule has 0 atom stereocenters. The minimum atomic E-state index is 0.868. The number of hydrogen-bond acceptors (Lipinski definition) is 6. The van der Waals surface area contributed by atoms with E-state index in [-0.39, 0.29) is 0 Å². The number of fused-ring (bicyclic) bond motifs is 1. The summed E-state index contributed by atoms with van der Waals surface area (Å²) in [6.45, 7) is 0. The predicted molar refractivity (Wildman–Crippen MR) is 80.8 cm³/mol. The topological polar surface area (TPSA) is 37.8 Å². The molecule has 0 amide bonds. The average molecular weight is 293 g/mol. The van der Waals surface area contributed by atoms with Crippen LogP contribution in [0.25, 0.3) is 10.1 Å². The Morgan fingerprint density at radius 2 is 2.17 bits per heavy atom. The number of benzene rings is 1. The van der Waals surface area contributed by atoms with E-state index in [0.29, 0.717) is 0 Å². The van der Waals surface area contributed by atoms with Gasteiger partial charge in [-0.25, -0.2) is 0 Å². The molecule has 0 radical (unpaired) electrons. The molecule has 3 rings (SSSR count). The van der Waals surface area contributed by atoms with Crippen LogP contribution in [0.4, 0.5) is 5.13 Å². The first-order chi connectivity index (χ1) is 8.86. The monoisotopic (exact) mass is 293 g/mol. The van der Waals surface area contributed by atoms with Crippen LogP contribution >= 0.6 is 34.4 Å². The van der Waals surface area contributed by atoms with Crippen molar-refractivity contribution in [1.82, 2.24) is 10.2 Å². The highest BCUT2D eigenvalue weighted by molar-refractivity contribution is 8.00. The molecule has 0 bridgehead atoms. The maximum atomic E-state index is 4.14. The van der Waals surface area contributed by atoms with E-state index < -0.39 is 0 Å². The molecule has 0 aliphatic carbocycles. The molecule has 92 valence electrons. The molecule has 0 aliphatic rings. The van der Waals surface area contributed by atoms with E-state index in [9.17, 15) is 0 Å². The van der Waals surface area contributed by atoms with Gasteiger partial charge in [-0.1, -0.05) is 41.3 Å². The quantitative estimate of drug-likeness (QED) is 0.735. The van der Waals surface area contributed by atoms with Crippen molar-refractivity contribution in [2.45, 2.75) is 10.1 Å². The minimum Gasteiger partial charge on any atom is -0.363 e. The van der Waals surface area contributed by atoms with Crippen LogP contribution in [-0.2, 0) is 5.75 Å². The summed E-state index contributed by atoms with van der Waals surface area (Å²) < 4.78 is 2.36. The fourth-order valence-corrected chi connectivity index (χ4v) is 4.42. The first-order valence-electron chi connectivity index (χ1n) is 5.46. The number of rotatable bonds is 4. The van der Waals surface area contributed by atoms with Crippen LogP contribution in [-0.4, -0.2) is 17.2 Å². The number of nitrogens with one attached hydrogen (secondary N) is 1. The summed E-state index contributed by atoms with van der Waals surface area (Å²) in [4.78, 5) is 0. The molecule has 2 heterocycles. The summed E-state index contributed by atoms with van der Waals surface area (Å²) in [5.41, 5.74) is 1.38. The second kappa shape index (κ2) is 5.26. The lowest BCUT2D eigenvalue weighted by atomic mass is 10.2. The zero-order chi connectivity index (χ0) is 12.4. The number of aromatic nitrogens is 2. The SMILES string of the molecule is CNc1nnc(SCc2csc3ccccc23)s1. The van der Waals surface area contributed by atoms with Gasteiger partial charge in [-0.05, 0) is 22.4 Å². The molecular weight excluding hydrogens is 282 g/mol. The number of nitrogens with zero attached hydrogens (tertiary/aromatic N) is 2. The molecule has 6 heteroatoms. The van der Waals surface area contributed by atoms with Gasteiger partial charge in [-0.15, -0.1) is 21.5 Å². The Morgan fingerprint density at radius 1 is 1.28 bits per heavy atom. The van der Waals surface area contributed by atoms with Gasteiger partial charge in [0.25, 0.3) is 0 Å². The van der Waals surface area contributed by atoms with Gasteiger partial charge < -0.3 is 5.32 Å². The summed E-state index contributed by atoms with van der Waals surface area (Å²) >= 11 is 5.13. The molecule has 0 unspecified atom stereocenters. The maximum Gasteiger partial charge on any atom is 0.206 e. The maximum absolute atomic E-state index is 4.14. The van der Waals surface area contributed by atoms with Gasteiger partial charge in [-0.2, -0.15) is 0 Å². The van der Waals surface area contributed by atoms with Crippen LogP contribution in [0.1, 0.15) is 5.56 Å². The molecule has 0 spiro atoms. The van der Waals surface area contributed by atoms with Crippen molar-refractivity contribution in [3.05, 3.63) is 35.2 Å². The Labute approximate surface area is 117 Å². The van der Waals surface area contributed by atoms with E-state index in [4.69, 9.17) is 0 Å². The third-order valence-corrected chi connectivity index (χ3v) is 5.67. The van der Waals surface area contributed by atoms with Crippen molar-refractivity contribution in [1.29, 1.82) is 0 Å². The zero-order valence-electron chi connectivity index (χ0n) is 9.71. The lowest BCUT2D eigenvalue weighted by molar-refractivity contribution is 1.01. The van der Waals surface area contributed by atoms with Crippen LogP contribution < -0.4 is 5.32 Å². The molecule has 0 aliphatic heterocycles. The van der Waals surface area contributed by atoms with E-state index >= 15 is 0 Å². The number of thiophene rings is 1. The second-order valence-electron chi connectivity index (χ2n) is 3.67. The van der Waals surface area contributed by atoms with E-state index in [1.165, 1.54) is 15.6 Å². The molecule has 2 aromatic heterocycles. The van der Waals surface area contributed by atoms with E-state index in [1.54, 1.807) is 34.4 Å². The molecule has 1 N–H and O–H groups in total. The minimum absolute atomic E-state index is 0.868. The summed E-state index contributed by atoms with van der Waals surface area (Å²) in [7, 11) is 1.86. The van der Waals surface area contributed by atoms with Crippen molar-refractivity contribution in [3.8, 4) is 0 Å². The molecule has 0 saturated carbocycles. The third-order valence-electron chi connectivity index (χ3n) is 2.53. The number of hydrogen-bond donors (Lipinski definition) is 1. The average Bonchev–Trinajstić information content (AvgIpc) is 3.03. The van der Waals surface area contributed by atoms with Gasteiger partial charge in [0.15, 0.2) is 4.34 Å². The smallest absolute Gasteiger partial charge is 0.206 e. The van der Waals surface area contributed by atoms with Crippen molar-refractivity contribution in [2.75, 3.05) is 12.4 Å². The van der Waals surface area contributed by atoms with Crippen LogP contribution in [0, 0.1) is 0 Å². The van der Waals surface area contributed by atoms with Crippen molar-refractivity contribution >= 4 is 49.7 Å². The Hall–Kier alpha value is -1.11. The highest BCUT2D eigenvalue weighted by Gasteiger charge is 2.07. The van der Waals surface area contributed by atoms with Crippen LogP contribution in [0.5, 0.6) is 0 Å². The number of anilines is 1. The zero-order valence-corrected chi connectivity index (χ0v) is 12.2. The van der Waals surface area contributed by atoms with Gasteiger partial charge in [0.1, 0.15) is 0 Å². The molecule has 0 fully saturated rings. The molecular formula is C12H11N3S3. The fourth-order valence-electron chi connectivity index (χ4n) is 1.65. The first kappa shape index (κ1) is 12.0. The molecule has 3 aromatic rings. The van der Waals surface area contributed by atoms with E-state index in [0.717, 1.165) is 15.2 Å². The molecule has 18 heavy (non-hydrogen) atoms. The van der Waals surface area contributed by atoms with Crippen molar-refractivity contribution < 1.29 is 0 Å². The van der Waals surface area contributed by atoms with Gasteiger partial charge in [0.05, 0.1) is 0 Å². The van der Waals surface area contributed by atoms with Gasteiger partial charge in [-0.3, -0.25) is 0 Å². The molecule has 3 nitrogen and oxygen atoms in total. The highest BCUT2D eigenvalue weighted by atomic mass is 32.2. The highest BCUT2D eigenvalue weighted by Crippen LogP contribution is 2.33. The van der Waals surface area contributed by atoms with Gasteiger partial charge >= 0.3 is 0 Å². The van der Waals surface area contributed by atoms with Crippen LogP contribution in [0.15, 0.2) is 34.0 Å². The Morgan fingerprint density at radius 3 is 3.00 bits per heavy atom. The van der Waals surface area contributed by atoms with Gasteiger partial charge in [0.2, 0.25) is 5.13 Å². The Bertz CT molecular complexity index is 659. The second-order valence-corrected chi connectivity index (χ2v) is 6.78.